The van der Waals surface area contributed by atoms with E-state index in [2.05, 4.69) is 5.32 Å². The molecule has 0 radical (unpaired) electrons. The van der Waals surface area contributed by atoms with Crippen molar-refractivity contribution in [3.05, 3.63) is 23.8 Å². The van der Waals surface area contributed by atoms with E-state index in [1.807, 2.05) is 0 Å². The quantitative estimate of drug-likeness (QED) is 0.725. The van der Waals surface area contributed by atoms with Crippen molar-refractivity contribution in [2.24, 2.45) is 0 Å². The van der Waals surface area contributed by atoms with Gasteiger partial charge in [0.2, 0.25) is 0 Å². The zero-order valence-electron chi connectivity index (χ0n) is 11.1. The van der Waals surface area contributed by atoms with Crippen molar-refractivity contribution in [1.82, 2.24) is 4.90 Å². The first-order valence-corrected chi connectivity index (χ1v) is 6.70. The summed E-state index contributed by atoms with van der Waals surface area (Å²) in [7, 11) is 0. The van der Waals surface area contributed by atoms with E-state index < -0.39 is 5.97 Å². The summed E-state index contributed by atoms with van der Waals surface area (Å²) in [4.78, 5) is 24.6. The fourth-order valence-electron chi connectivity index (χ4n) is 2.24. The van der Waals surface area contributed by atoms with E-state index >= 15 is 0 Å². The van der Waals surface area contributed by atoms with Crippen LogP contribution in [0.4, 0.5) is 10.5 Å². The molecule has 0 aromatic heterocycles. The number of likely N-dealkylation sites (tertiary alicyclic amines) is 1. The van der Waals surface area contributed by atoms with E-state index in [0.29, 0.717) is 13.1 Å². The zero-order valence-corrected chi connectivity index (χ0v) is 11.1. The SMILES string of the molecule is O=C(O)c1ccc(NC(=O)N2CCCCCC2)c(O)c1. The van der Waals surface area contributed by atoms with Crippen LogP contribution in [-0.4, -0.2) is 40.2 Å². The number of carboxylic acids is 1. The molecule has 1 saturated heterocycles. The number of carboxylic acid groups (broad SMARTS) is 1. The highest BCUT2D eigenvalue weighted by atomic mass is 16.4. The Kier molecular flexibility index (Phi) is 4.45. The van der Waals surface area contributed by atoms with Gasteiger partial charge in [-0.3, -0.25) is 0 Å². The molecule has 1 fully saturated rings. The summed E-state index contributed by atoms with van der Waals surface area (Å²) in [5.74, 6) is -1.36. The number of carbonyl (C=O) groups excluding carboxylic acids is 1. The van der Waals surface area contributed by atoms with Gasteiger partial charge in [0.15, 0.2) is 0 Å². The predicted molar refractivity (Wildman–Crippen MR) is 74.1 cm³/mol. The molecule has 20 heavy (non-hydrogen) atoms. The summed E-state index contributed by atoms with van der Waals surface area (Å²) >= 11 is 0. The second-order valence-corrected chi connectivity index (χ2v) is 4.87. The van der Waals surface area contributed by atoms with Gasteiger partial charge in [-0.25, -0.2) is 9.59 Å². The minimum absolute atomic E-state index is 0.0183. The lowest BCUT2D eigenvalue weighted by Gasteiger charge is -2.21. The number of phenolic OH excluding ortho intramolecular Hbond substituents is 1. The molecule has 108 valence electrons. The van der Waals surface area contributed by atoms with Gasteiger partial charge >= 0.3 is 12.0 Å². The van der Waals surface area contributed by atoms with Crippen LogP contribution in [0.1, 0.15) is 36.0 Å². The van der Waals surface area contributed by atoms with Crippen LogP contribution in [0, 0.1) is 0 Å². The smallest absolute Gasteiger partial charge is 0.335 e. The van der Waals surface area contributed by atoms with Gasteiger partial charge in [0, 0.05) is 13.1 Å². The minimum atomic E-state index is -1.12. The highest BCUT2D eigenvalue weighted by Crippen LogP contribution is 2.25. The summed E-state index contributed by atoms with van der Waals surface area (Å²) in [6.07, 6.45) is 4.22. The number of aromatic hydroxyl groups is 1. The van der Waals surface area contributed by atoms with E-state index in [4.69, 9.17) is 5.11 Å². The molecule has 0 unspecified atom stereocenters. The lowest BCUT2D eigenvalue weighted by molar-refractivity contribution is 0.0696. The van der Waals surface area contributed by atoms with Gasteiger partial charge in [0.1, 0.15) is 5.75 Å². The maximum Gasteiger partial charge on any atom is 0.335 e. The van der Waals surface area contributed by atoms with E-state index in [-0.39, 0.29) is 23.0 Å². The first kappa shape index (κ1) is 14.2. The number of carbonyl (C=O) groups is 2. The number of urea groups is 1. The molecule has 1 aromatic rings. The number of amides is 2. The molecule has 0 aliphatic carbocycles. The summed E-state index contributed by atoms with van der Waals surface area (Å²) < 4.78 is 0. The van der Waals surface area contributed by atoms with E-state index in [0.717, 1.165) is 31.7 Å². The number of nitrogens with zero attached hydrogens (tertiary/aromatic N) is 1. The Hall–Kier alpha value is -2.24. The van der Waals surface area contributed by atoms with Gasteiger partial charge in [-0.2, -0.15) is 0 Å². The molecule has 0 bridgehead atoms. The van der Waals surface area contributed by atoms with Crippen molar-refractivity contribution in [2.75, 3.05) is 18.4 Å². The van der Waals surface area contributed by atoms with Crippen LogP contribution in [0.2, 0.25) is 0 Å². The van der Waals surface area contributed by atoms with Crippen LogP contribution in [0.25, 0.3) is 0 Å². The van der Waals surface area contributed by atoms with Crippen LogP contribution in [0.15, 0.2) is 18.2 Å². The topological polar surface area (TPSA) is 89.9 Å². The van der Waals surface area contributed by atoms with Gasteiger partial charge in [0.05, 0.1) is 11.3 Å². The normalized spacial score (nSPS) is 15.5. The molecule has 1 aliphatic rings. The lowest BCUT2D eigenvalue weighted by atomic mass is 10.2. The standard InChI is InChI=1S/C14H18N2O4/c17-12-9-10(13(18)19)5-6-11(12)15-14(20)16-7-3-1-2-4-8-16/h5-6,9,17H,1-4,7-8H2,(H,15,20)(H,18,19). The molecule has 1 aromatic carbocycles. The average Bonchev–Trinajstić information content (AvgIpc) is 2.69. The number of rotatable bonds is 2. The Morgan fingerprint density at radius 3 is 2.30 bits per heavy atom. The maximum absolute atomic E-state index is 12.1. The van der Waals surface area contributed by atoms with Gasteiger partial charge in [-0.05, 0) is 31.0 Å². The number of benzene rings is 1. The third-order valence-electron chi connectivity index (χ3n) is 3.38. The number of aromatic carboxylic acids is 1. The molecule has 2 rings (SSSR count). The Morgan fingerprint density at radius 2 is 1.75 bits per heavy atom. The second-order valence-electron chi connectivity index (χ2n) is 4.87. The molecule has 0 spiro atoms. The fourth-order valence-corrected chi connectivity index (χ4v) is 2.24. The molecule has 6 heteroatoms. The van der Waals surface area contributed by atoms with E-state index in [1.165, 1.54) is 12.1 Å². The second kappa shape index (κ2) is 6.27. The summed E-state index contributed by atoms with van der Waals surface area (Å²) in [6.45, 7) is 1.42. The van der Waals surface area contributed by atoms with E-state index in [1.54, 1.807) is 4.90 Å². The Morgan fingerprint density at radius 1 is 1.10 bits per heavy atom. The highest BCUT2D eigenvalue weighted by molar-refractivity contribution is 5.93. The lowest BCUT2D eigenvalue weighted by Crippen LogP contribution is -2.35. The number of hydrogen-bond donors (Lipinski definition) is 3. The average molecular weight is 278 g/mol. The predicted octanol–water partition coefficient (Wildman–Crippen LogP) is 2.50. The summed E-state index contributed by atoms with van der Waals surface area (Å²) in [5.41, 5.74) is 0.208. The molecule has 2 amide bonds. The van der Waals surface area contributed by atoms with Crippen molar-refractivity contribution < 1.29 is 19.8 Å². The highest BCUT2D eigenvalue weighted by Gasteiger charge is 2.17. The molecule has 3 N–H and O–H groups in total. The van der Waals surface area contributed by atoms with Crippen molar-refractivity contribution in [1.29, 1.82) is 0 Å². The largest absolute Gasteiger partial charge is 0.506 e. The van der Waals surface area contributed by atoms with Gasteiger partial charge in [0.25, 0.3) is 0 Å². The first-order chi connectivity index (χ1) is 9.58. The zero-order chi connectivity index (χ0) is 14.5. The van der Waals surface area contributed by atoms with Crippen LogP contribution >= 0.6 is 0 Å². The van der Waals surface area contributed by atoms with E-state index in [9.17, 15) is 14.7 Å². The Bertz CT molecular complexity index is 508. The van der Waals surface area contributed by atoms with Gasteiger partial charge in [-0.15, -0.1) is 0 Å². The number of hydrogen-bond acceptors (Lipinski definition) is 3. The molecular weight excluding hydrogens is 260 g/mol. The summed E-state index contributed by atoms with van der Waals surface area (Å²) in [5, 5.41) is 21.2. The molecule has 0 saturated carbocycles. The third kappa shape index (κ3) is 3.40. The monoisotopic (exact) mass is 278 g/mol. The number of anilines is 1. The van der Waals surface area contributed by atoms with Crippen molar-refractivity contribution in [3.8, 4) is 5.75 Å². The molecule has 1 heterocycles. The van der Waals surface area contributed by atoms with Crippen LogP contribution in [0.5, 0.6) is 5.75 Å². The van der Waals surface area contributed by atoms with Crippen molar-refractivity contribution in [3.63, 3.8) is 0 Å². The summed E-state index contributed by atoms with van der Waals surface area (Å²) in [6, 6.07) is 3.61. The maximum atomic E-state index is 12.1. The first-order valence-electron chi connectivity index (χ1n) is 6.70. The molecular formula is C14H18N2O4. The van der Waals surface area contributed by atoms with Crippen LogP contribution in [0.3, 0.4) is 0 Å². The molecule has 0 atom stereocenters. The molecule has 1 aliphatic heterocycles. The van der Waals surface area contributed by atoms with Gasteiger partial charge < -0.3 is 20.4 Å². The van der Waals surface area contributed by atoms with Crippen LogP contribution in [-0.2, 0) is 0 Å². The Labute approximate surface area is 117 Å². The van der Waals surface area contributed by atoms with Gasteiger partial charge in [-0.1, -0.05) is 12.8 Å². The molecule has 6 nitrogen and oxygen atoms in total. The number of phenols is 1. The fraction of sp³-hybridized carbons (Fsp3) is 0.429. The number of nitrogens with one attached hydrogen (secondary N) is 1. The van der Waals surface area contributed by atoms with Crippen molar-refractivity contribution in [2.45, 2.75) is 25.7 Å². The minimum Gasteiger partial charge on any atom is -0.506 e. The third-order valence-corrected chi connectivity index (χ3v) is 3.38. The van der Waals surface area contributed by atoms with Crippen molar-refractivity contribution >= 4 is 17.7 Å². The van der Waals surface area contributed by atoms with Crippen LogP contribution < -0.4 is 5.32 Å². The Balaban J connectivity index is 2.05.